The number of carbonyl (C=O) groups excluding carboxylic acids is 3. The van der Waals surface area contributed by atoms with Crippen LogP contribution in [0.4, 0.5) is 5.69 Å². The van der Waals surface area contributed by atoms with E-state index in [1.165, 1.54) is 6.92 Å². The predicted octanol–water partition coefficient (Wildman–Crippen LogP) is 2.77. The van der Waals surface area contributed by atoms with Crippen molar-refractivity contribution in [2.75, 3.05) is 5.32 Å². The summed E-state index contributed by atoms with van der Waals surface area (Å²) in [5, 5.41) is 5.51. The highest BCUT2D eigenvalue weighted by atomic mass is 16.2. The molecule has 0 heterocycles. The molecule has 120 valence electrons. The fourth-order valence-electron chi connectivity index (χ4n) is 1.71. The summed E-state index contributed by atoms with van der Waals surface area (Å²) in [6.07, 6.45) is 0.796. The standard InChI is InChI=1S/C17H24N2O3/c1-6-11(2)18-15(21)17(4,5)16(22)19-14-9-7-8-13(10-14)12(3)20/h7-11H,6H2,1-5H3,(H,18,21)(H,19,22). The highest BCUT2D eigenvalue weighted by molar-refractivity contribution is 6.10. The minimum absolute atomic E-state index is 0.0145. The minimum Gasteiger partial charge on any atom is -0.353 e. The van der Waals surface area contributed by atoms with Gasteiger partial charge in [-0.2, -0.15) is 0 Å². The summed E-state index contributed by atoms with van der Waals surface area (Å²) in [5.74, 6) is -0.805. The number of carbonyl (C=O) groups is 3. The molecular weight excluding hydrogens is 280 g/mol. The number of amides is 2. The van der Waals surface area contributed by atoms with Crippen molar-refractivity contribution in [2.24, 2.45) is 5.41 Å². The van der Waals surface area contributed by atoms with Crippen LogP contribution in [-0.4, -0.2) is 23.6 Å². The van der Waals surface area contributed by atoms with Crippen LogP contribution in [0.3, 0.4) is 0 Å². The number of nitrogens with one attached hydrogen (secondary N) is 2. The van der Waals surface area contributed by atoms with Gasteiger partial charge >= 0.3 is 0 Å². The first-order valence-corrected chi connectivity index (χ1v) is 7.42. The molecule has 5 nitrogen and oxygen atoms in total. The van der Waals surface area contributed by atoms with Crippen molar-refractivity contribution in [3.05, 3.63) is 29.8 Å². The van der Waals surface area contributed by atoms with Gasteiger partial charge in [-0.25, -0.2) is 0 Å². The Kier molecular flexibility index (Phi) is 5.85. The van der Waals surface area contributed by atoms with E-state index in [0.717, 1.165) is 6.42 Å². The largest absolute Gasteiger partial charge is 0.353 e. The first kappa shape index (κ1) is 17.9. The zero-order valence-corrected chi connectivity index (χ0v) is 13.8. The maximum absolute atomic E-state index is 12.4. The van der Waals surface area contributed by atoms with Crippen molar-refractivity contribution in [1.29, 1.82) is 0 Å². The molecule has 1 unspecified atom stereocenters. The van der Waals surface area contributed by atoms with Gasteiger partial charge in [-0.1, -0.05) is 19.1 Å². The normalized spacial score (nSPS) is 12.4. The topological polar surface area (TPSA) is 75.3 Å². The number of ketones is 1. The van der Waals surface area contributed by atoms with Gasteiger partial charge in [0.25, 0.3) is 0 Å². The van der Waals surface area contributed by atoms with Gasteiger partial charge in [0.1, 0.15) is 5.41 Å². The second kappa shape index (κ2) is 7.20. The monoisotopic (exact) mass is 304 g/mol. The summed E-state index contributed by atoms with van der Waals surface area (Å²) in [6, 6.07) is 6.67. The number of hydrogen-bond acceptors (Lipinski definition) is 3. The number of rotatable bonds is 6. The van der Waals surface area contributed by atoms with Crippen LogP contribution in [0.25, 0.3) is 0 Å². The lowest BCUT2D eigenvalue weighted by Gasteiger charge is -2.24. The molecule has 0 aromatic heterocycles. The van der Waals surface area contributed by atoms with Gasteiger partial charge in [-0.15, -0.1) is 0 Å². The number of Topliss-reactive ketones (excluding diaryl/α,β-unsaturated/α-hetero) is 1. The van der Waals surface area contributed by atoms with Gasteiger partial charge < -0.3 is 10.6 Å². The maximum atomic E-state index is 12.4. The van der Waals surface area contributed by atoms with E-state index in [2.05, 4.69) is 10.6 Å². The van der Waals surface area contributed by atoms with Crippen LogP contribution in [0.5, 0.6) is 0 Å². The lowest BCUT2D eigenvalue weighted by atomic mass is 9.90. The van der Waals surface area contributed by atoms with E-state index < -0.39 is 11.3 Å². The van der Waals surface area contributed by atoms with Crippen molar-refractivity contribution in [1.82, 2.24) is 5.32 Å². The smallest absolute Gasteiger partial charge is 0.239 e. The van der Waals surface area contributed by atoms with Gasteiger partial charge in [-0.3, -0.25) is 14.4 Å². The first-order valence-electron chi connectivity index (χ1n) is 7.42. The molecule has 2 amide bonds. The maximum Gasteiger partial charge on any atom is 0.239 e. The molecule has 1 aromatic rings. The van der Waals surface area contributed by atoms with Crippen molar-refractivity contribution in [2.45, 2.75) is 47.1 Å². The Morgan fingerprint density at radius 3 is 2.36 bits per heavy atom. The van der Waals surface area contributed by atoms with Crippen LogP contribution >= 0.6 is 0 Å². The van der Waals surface area contributed by atoms with E-state index >= 15 is 0 Å². The van der Waals surface area contributed by atoms with E-state index in [4.69, 9.17) is 0 Å². The van der Waals surface area contributed by atoms with E-state index in [1.807, 2.05) is 13.8 Å². The van der Waals surface area contributed by atoms with Crippen LogP contribution in [0.1, 0.15) is 51.4 Å². The summed E-state index contributed by atoms with van der Waals surface area (Å²) in [7, 11) is 0. The van der Waals surface area contributed by atoms with Crippen LogP contribution in [0.2, 0.25) is 0 Å². The highest BCUT2D eigenvalue weighted by Crippen LogP contribution is 2.20. The molecule has 0 bridgehead atoms. The molecule has 0 fully saturated rings. The lowest BCUT2D eigenvalue weighted by Crippen LogP contribution is -2.47. The minimum atomic E-state index is -1.20. The molecule has 0 saturated heterocycles. The van der Waals surface area contributed by atoms with Gasteiger partial charge in [-0.05, 0) is 46.2 Å². The molecule has 0 saturated carbocycles. The van der Waals surface area contributed by atoms with Crippen molar-refractivity contribution in [3.63, 3.8) is 0 Å². The number of hydrogen-bond donors (Lipinski definition) is 2. The van der Waals surface area contributed by atoms with Crippen LogP contribution in [0, 0.1) is 5.41 Å². The molecule has 5 heteroatoms. The zero-order valence-electron chi connectivity index (χ0n) is 13.8. The summed E-state index contributed by atoms with van der Waals surface area (Å²) < 4.78 is 0. The van der Waals surface area contributed by atoms with Crippen molar-refractivity contribution in [3.8, 4) is 0 Å². The highest BCUT2D eigenvalue weighted by Gasteiger charge is 2.36. The van der Waals surface area contributed by atoms with E-state index in [1.54, 1.807) is 38.1 Å². The van der Waals surface area contributed by atoms with Gasteiger partial charge in [0.15, 0.2) is 5.78 Å². The van der Waals surface area contributed by atoms with E-state index in [0.29, 0.717) is 11.3 Å². The Morgan fingerprint density at radius 2 is 1.82 bits per heavy atom. The fourth-order valence-corrected chi connectivity index (χ4v) is 1.71. The predicted molar refractivity (Wildman–Crippen MR) is 86.8 cm³/mol. The van der Waals surface area contributed by atoms with E-state index in [9.17, 15) is 14.4 Å². The van der Waals surface area contributed by atoms with Gasteiger partial charge in [0.2, 0.25) is 11.8 Å². The van der Waals surface area contributed by atoms with Gasteiger partial charge in [0, 0.05) is 17.3 Å². The molecule has 0 spiro atoms. The third-order valence-corrected chi connectivity index (χ3v) is 3.65. The fraction of sp³-hybridized carbons (Fsp3) is 0.471. The molecule has 22 heavy (non-hydrogen) atoms. The van der Waals surface area contributed by atoms with Crippen molar-refractivity contribution >= 4 is 23.3 Å². The summed E-state index contributed by atoms with van der Waals surface area (Å²) in [6.45, 7) is 8.47. The van der Waals surface area contributed by atoms with Crippen LogP contribution in [0.15, 0.2) is 24.3 Å². The molecule has 0 aliphatic rings. The second-order valence-corrected chi connectivity index (χ2v) is 6.00. The zero-order chi connectivity index (χ0) is 16.9. The molecule has 1 aromatic carbocycles. The molecule has 1 atom stereocenters. The second-order valence-electron chi connectivity index (χ2n) is 6.00. The lowest BCUT2D eigenvalue weighted by molar-refractivity contribution is -0.138. The Hall–Kier alpha value is -2.17. The van der Waals surface area contributed by atoms with E-state index in [-0.39, 0.29) is 17.7 Å². The quantitative estimate of drug-likeness (QED) is 0.627. The SMILES string of the molecule is CCC(C)NC(=O)C(C)(C)C(=O)Nc1cccc(C(C)=O)c1. The Balaban J connectivity index is 2.84. The Bertz CT molecular complexity index is 579. The molecule has 0 radical (unpaired) electrons. The average Bonchev–Trinajstić information content (AvgIpc) is 2.46. The third-order valence-electron chi connectivity index (χ3n) is 3.65. The molecule has 2 N–H and O–H groups in total. The number of anilines is 1. The first-order chi connectivity index (χ1) is 10.2. The average molecular weight is 304 g/mol. The van der Waals surface area contributed by atoms with Gasteiger partial charge in [0.05, 0.1) is 0 Å². The van der Waals surface area contributed by atoms with Crippen LogP contribution < -0.4 is 10.6 Å². The summed E-state index contributed by atoms with van der Waals surface area (Å²) in [5.41, 5.74) is -0.183. The molecular formula is C17H24N2O3. The number of benzene rings is 1. The molecule has 1 rings (SSSR count). The molecule has 0 aliphatic heterocycles. The van der Waals surface area contributed by atoms with Crippen LogP contribution in [-0.2, 0) is 9.59 Å². The molecule has 0 aliphatic carbocycles. The third kappa shape index (κ3) is 4.41. The Morgan fingerprint density at radius 1 is 1.18 bits per heavy atom. The summed E-state index contributed by atoms with van der Waals surface area (Å²) >= 11 is 0. The summed E-state index contributed by atoms with van der Waals surface area (Å²) in [4.78, 5) is 36.0. The Labute approximate surface area is 131 Å². The van der Waals surface area contributed by atoms with Crippen molar-refractivity contribution < 1.29 is 14.4 Å².